The molecule has 0 heterocycles. The zero-order chi connectivity index (χ0) is 12.8. The van der Waals surface area contributed by atoms with Crippen LogP contribution in [0.15, 0.2) is 18.2 Å². The fourth-order valence-corrected chi connectivity index (χ4v) is 1.78. The molecule has 0 unspecified atom stereocenters. The van der Waals surface area contributed by atoms with E-state index in [-0.39, 0.29) is 0 Å². The zero-order valence-electron chi connectivity index (χ0n) is 11.2. The lowest BCUT2D eigenvalue weighted by Crippen LogP contribution is -2.00. The molecule has 0 saturated heterocycles. The first-order valence-corrected chi connectivity index (χ1v) is 6.27. The summed E-state index contributed by atoms with van der Waals surface area (Å²) in [7, 11) is 1.69. The van der Waals surface area contributed by atoms with Gasteiger partial charge in [-0.15, -0.1) is 0 Å². The molecule has 94 valence electrons. The van der Waals surface area contributed by atoms with Crippen LogP contribution in [0.1, 0.15) is 50.7 Å². The third-order valence-electron chi connectivity index (χ3n) is 3.05. The highest BCUT2D eigenvalue weighted by atomic mass is 16.5. The number of ether oxygens (including phenoxy) is 1. The molecule has 0 aliphatic carbocycles. The van der Waals surface area contributed by atoms with Crippen LogP contribution in [0.2, 0.25) is 0 Å². The third-order valence-corrected chi connectivity index (χ3v) is 3.05. The van der Waals surface area contributed by atoms with Crippen molar-refractivity contribution in [2.24, 2.45) is 0 Å². The maximum absolute atomic E-state index is 11.3. The first kappa shape index (κ1) is 13.8. The Kier molecular flexibility index (Phi) is 5.20. The van der Waals surface area contributed by atoms with Gasteiger partial charge in [-0.05, 0) is 29.5 Å². The standard InChI is InChI=1S/C15H22O2/c1-5-14(16)9-8-12-6-7-13(11(2)3)10-15(12)17-4/h6-7,10-11H,5,8-9H2,1-4H3. The molecular formula is C15H22O2. The van der Waals surface area contributed by atoms with Crippen molar-refractivity contribution in [2.75, 3.05) is 7.11 Å². The normalized spacial score (nSPS) is 10.6. The van der Waals surface area contributed by atoms with Gasteiger partial charge in [0.15, 0.2) is 0 Å². The molecule has 0 bridgehead atoms. The van der Waals surface area contributed by atoms with Gasteiger partial charge in [-0.3, -0.25) is 4.79 Å². The number of carbonyl (C=O) groups is 1. The van der Waals surface area contributed by atoms with Gasteiger partial charge in [-0.25, -0.2) is 0 Å². The van der Waals surface area contributed by atoms with E-state index in [0.717, 1.165) is 17.7 Å². The molecule has 0 atom stereocenters. The highest BCUT2D eigenvalue weighted by Crippen LogP contribution is 2.25. The number of benzene rings is 1. The summed E-state index contributed by atoms with van der Waals surface area (Å²) in [6.07, 6.45) is 1.99. The summed E-state index contributed by atoms with van der Waals surface area (Å²) >= 11 is 0. The number of hydrogen-bond donors (Lipinski definition) is 0. The first-order chi connectivity index (χ1) is 8.08. The minimum Gasteiger partial charge on any atom is -0.496 e. The molecule has 2 heteroatoms. The predicted octanol–water partition coefficient (Wildman–Crippen LogP) is 3.73. The van der Waals surface area contributed by atoms with Crippen molar-refractivity contribution in [1.82, 2.24) is 0 Å². The van der Waals surface area contributed by atoms with Crippen molar-refractivity contribution in [3.8, 4) is 5.75 Å². The molecule has 0 spiro atoms. The summed E-state index contributed by atoms with van der Waals surface area (Å²) in [6, 6.07) is 6.28. The van der Waals surface area contributed by atoms with Crippen LogP contribution in [0.25, 0.3) is 0 Å². The van der Waals surface area contributed by atoms with E-state index < -0.39 is 0 Å². The van der Waals surface area contributed by atoms with E-state index in [9.17, 15) is 4.79 Å². The lowest BCUT2D eigenvalue weighted by molar-refractivity contribution is -0.118. The van der Waals surface area contributed by atoms with Gasteiger partial charge in [0.25, 0.3) is 0 Å². The fourth-order valence-electron chi connectivity index (χ4n) is 1.78. The maximum Gasteiger partial charge on any atom is 0.132 e. The van der Waals surface area contributed by atoms with Gasteiger partial charge < -0.3 is 4.74 Å². The van der Waals surface area contributed by atoms with Crippen LogP contribution in [0.3, 0.4) is 0 Å². The highest BCUT2D eigenvalue weighted by molar-refractivity contribution is 5.78. The zero-order valence-corrected chi connectivity index (χ0v) is 11.2. The summed E-state index contributed by atoms with van der Waals surface area (Å²) in [6.45, 7) is 6.23. The Morgan fingerprint density at radius 3 is 2.59 bits per heavy atom. The monoisotopic (exact) mass is 234 g/mol. The van der Waals surface area contributed by atoms with Gasteiger partial charge in [0.2, 0.25) is 0 Å². The van der Waals surface area contributed by atoms with Crippen molar-refractivity contribution in [2.45, 2.75) is 46.0 Å². The molecule has 1 aromatic rings. The molecule has 0 aliphatic heterocycles. The van der Waals surface area contributed by atoms with E-state index in [2.05, 4.69) is 32.0 Å². The SMILES string of the molecule is CCC(=O)CCc1ccc(C(C)C)cc1OC. The summed E-state index contributed by atoms with van der Waals surface area (Å²) in [5.74, 6) is 1.70. The van der Waals surface area contributed by atoms with E-state index in [0.29, 0.717) is 24.5 Å². The van der Waals surface area contributed by atoms with Gasteiger partial charge >= 0.3 is 0 Å². The number of ketones is 1. The lowest BCUT2D eigenvalue weighted by Gasteiger charge is -2.12. The minimum atomic E-state index is 0.306. The van der Waals surface area contributed by atoms with Crippen LogP contribution < -0.4 is 4.74 Å². The smallest absolute Gasteiger partial charge is 0.132 e. The quantitative estimate of drug-likeness (QED) is 0.749. The van der Waals surface area contributed by atoms with Crippen molar-refractivity contribution >= 4 is 5.78 Å². The van der Waals surface area contributed by atoms with Crippen LogP contribution in [0.4, 0.5) is 0 Å². The number of Topliss-reactive ketones (excluding diaryl/α,β-unsaturated/α-hetero) is 1. The largest absolute Gasteiger partial charge is 0.496 e. The summed E-state index contributed by atoms with van der Waals surface area (Å²) < 4.78 is 5.39. The van der Waals surface area contributed by atoms with Gasteiger partial charge in [-0.2, -0.15) is 0 Å². The number of methoxy groups -OCH3 is 1. The minimum absolute atomic E-state index is 0.306. The first-order valence-electron chi connectivity index (χ1n) is 6.27. The van der Waals surface area contributed by atoms with Crippen LogP contribution in [0, 0.1) is 0 Å². The molecule has 0 saturated carbocycles. The molecule has 1 rings (SSSR count). The molecule has 0 aliphatic rings. The van der Waals surface area contributed by atoms with Crippen molar-refractivity contribution < 1.29 is 9.53 Å². The molecule has 1 aromatic carbocycles. The van der Waals surface area contributed by atoms with E-state index in [1.54, 1.807) is 7.11 Å². The Morgan fingerprint density at radius 2 is 2.06 bits per heavy atom. The third kappa shape index (κ3) is 3.88. The van der Waals surface area contributed by atoms with Gasteiger partial charge in [0, 0.05) is 12.8 Å². The second-order valence-corrected chi connectivity index (χ2v) is 4.62. The molecule has 0 fully saturated rings. The summed E-state index contributed by atoms with van der Waals surface area (Å²) in [5.41, 5.74) is 2.39. The van der Waals surface area contributed by atoms with E-state index in [1.807, 2.05) is 6.92 Å². The Bertz CT molecular complexity index is 381. The molecule has 0 radical (unpaired) electrons. The van der Waals surface area contributed by atoms with Crippen molar-refractivity contribution in [3.05, 3.63) is 29.3 Å². The predicted molar refractivity (Wildman–Crippen MR) is 70.7 cm³/mol. The van der Waals surface area contributed by atoms with Crippen LogP contribution in [-0.2, 0) is 11.2 Å². The molecular weight excluding hydrogens is 212 g/mol. The molecule has 0 amide bonds. The van der Waals surface area contributed by atoms with Crippen molar-refractivity contribution in [1.29, 1.82) is 0 Å². The molecule has 0 aromatic heterocycles. The lowest BCUT2D eigenvalue weighted by atomic mass is 9.98. The molecule has 2 nitrogen and oxygen atoms in total. The average Bonchev–Trinajstić information content (AvgIpc) is 2.35. The van der Waals surface area contributed by atoms with Crippen molar-refractivity contribution in [3.63, 3.8) is 0 Å². The number of rotatable bonds is 6. The van der Waals surface area contributed by atoms with E-state index in [1.165, 1.54) is 5.56 Å². The molecule has 0 N–H and O–H groups in total. The number of aryl methyl sites for hydroxylation is 1. The Hall–Kier alpha value is -1.31. The summed E-state index contributed by atoms with van der Waals surface area (Å²) in [5, 5.41) is 0. The van der Waals surface area contributed by atoms with Crippen LogP contribution in [-0.4, -0.2) is 12.9 Å². The van der Waals surface area contributed by atoms with E-state index >= 15 is 0 Å². The summed E-state index contributed by atoms with van der Waals surface area (Å²) in [4.78, 5) is 11.3. The van der Waals surface area contributed by atoms with Gasteiger partial charge in [0.05, 0.1) is 7.11 Å². The van der Waals surface area contributed by atoms with Gasteiger partial charge in [0.1, 0.15) is 11.5 Å². The second-order valence-electron chi connectivity index (χ2n) is 4.62. The number of carbonyl (C=O) groups excluding carboxylic acids is 1. The molecule has 17 heavy (non-hydrogen) atoms. The average molecular weight is 234 g/mol. The topological polar surface area (TPSA) is 26.3 Å². The van der Waals surface area contributed by atoms with E-state index in [4.69, 9.17) is 4.74 Å². The number of hydrogen-bond acceptors (Lipinski definition) is 2. The highest BCUT2D eigenvalue weighted by Gasteiger charge is 2.08. The Balaban J connectivity index is 2.81. The van der Waals surface area contributed by atoms with Gasteiger partial charge in [-0.1, -0.05) is 32.9 Å². The Morgan fingerprint density at radius 1 is 1.35 bits per heavy atom. The maximum atomic E-state index is 11.3. The van der Waals surface area contributed by atoms with Crippen LogP contribution in [0.5, 0.6) is 5.75 Å². The van der Waals surface area contributed by atoms with Crippen LogP contribution >= 0.6 is 0 Å². The Labute approximate surface area is 104 Å². The second kappa shape index (κ2) is 6.43. The fraction of sp³-hybridized carbons (Fsp3) is 0.533.